The highest BCUT2D eigenvalue weighted by molar-refractivity contribution is 6.30. The molecule has 1 aliphatic heterocycles. The van der Waals surface area contributed by atoms with E-state index >= 15 is 0 Å². The SMILES string of the molecule is Cn1nccc1CCC(=O)N1CCC(Oc2cccc(Cl)c2)CC1. The molecule has 1 aliphatic rings. The molecule has 3 rings (SSSR count). The molecular weight excluding hydrogens is 326 g/mol. The Morgan fingerprint density at radius 1 is 1.33 bits per heavy atom. The molecule has 5 nitrogen and oxygen atoms in total. The van der Waals surface area contributed by atoms with E-state index in [1.807, 2.05) is 47.0 Å². The van der Waals surface area contributed by atoms with Crippen molar-refractivity contribution in [3.05, 3.63) is 47.2 Å². The van der Waals surface area contributed by atoms with E-state index in [1.165, 1.54) is 0 Å². The Morgan fingerprint density at radius 2 is 2.12 bits per heavy atom. The molecular formula is C18H22ClN3O2. The Hall–Kier alpha value is -2.01. The minimum Gasteiger partial charge on any atom is -0.490 e. The zero-order valence-corrected chi connectivity index (χ0v) is 14.6. The maximum absolute atomic E-state index is 12.4. The molecule has 1 aromatic carbocycles. The molecule has 24 heavy (non-hydrogen) atoms. The first-order chi connectivity index (χ1) is 11.6. The second kappa shape index (κ2) is 7.71. The number of nitrogens with zero attached hydrogens (tertiary/aromatic N) is 3. The number of amides is 1. The minimum atomic E-state index is 0.143. The molecule has 0 N–H and O–H groups in total. The van der Waals surface area contributed by atoms with Crippen LogP contribution in [0.5, 0.6) is 5.75 Å². The third-order valence-electron chi connectivity index (χ3n) is 4.41. The summed E-state index contributed by atoms with van der Waals surface area (Å²) in [6.45, 7) is 1.49. The third-order valence-corrected chi connectivity index (χ3v) is 4.65. The number of hydrogen-bond acceptors (Lipinski definition) is 3. The van der Waals surface area contributed by atoms with Crippen molar-refractivity contribution in [2.45, 2.75) is 31.8 Å². The van der Waals surface area contributed by atoms with Crippen molar-refractivity contribution in [1.29, 1.82) is 0 Å². The van der Waals surface area contributed by atoms with Crippen LogP contribution in [0.3, 0.4) is 0 Å². The Bertz CT molecular complexity index is 693. The molecule has 1 aromatic heterocycles. The van der Waals surface area contributed by atoms with Crippen LogP contribution in [0.2, 0.25) is 5.02 Å². The van der Waals surface area contributed by atoms with Gasteiger partial charge in [-0.25, -0.2) is 0 Å². The first kappa shape index (κ1) is 16.8. The van der Waals surface area contributed by atoms with Crippen molar-refractivity contribution in [3.8, 4) is 5.75 Å². The molecule has 0 saturated carbocycles. The number of halogens is 1. The van der Waals surface area contributed by atoms with Gasteiger partial charge in [0.15, 0.2) is 0 Å². The van der Waals surface area contributed by atoms with Gasteiger partial charge in [-0.2, -0.15) is 5.10 Å². The lowest BCUT2D eigenvalue weighted by atomic mass is 10.1. The summed E-state index contributed by atoms with van der Waals surface area (Å²) in [6, 6.07) is 9.41. The van der Waals surface area contributed by atoms with Gasteiger partial charge in [0.1, 0.15) is 11.9 Å². The number of piperidine rings is 1. The number of carbonyl (C=O) groups is 1. The molecule has 1 saturated heterocycles. The predicted octanol–water partition coefficient (Wildman–Crippen LogP) is 3.08. The second-order valence-corrected chi connectivity index (χ2v) is 6.54. The predicted molar refractivity (Wildman–Crippen MR) is 93.2 cm³/mol. The third kappa shape index (κ3) is 4.29. The average molecular weight is 348 g/mol. The van der Waals surface area contributed by atoms with Crippen LogP contribution in [0.25, 0.3) is 0 Å². The monoisotopic (exact) mass is 347 g/mol. The fourth-order valence-electron chi connectivity index (χ4n) is 3.00. The molecule has 128 valence electrons. The molecule has 0 spiro atoms. The van der Waals surface area contributed by atoms with Gasteiger partial charge < -0.3 is 9.64 Å². The van der Waals surface area contributed by atoms with Gasteiger partial charge in [-0.3, -0.25) is 9.48 Å². The van der Waals surface area contributed by atoms with Crippen LogP contribution in [0, 0.1) is 0 Å². The normalized spacial score (nSPS) is 15.5. The number of aromatic nitrogens is 2. The van der Waals surface area contributed by atoms with E-state index in [2.05, 4.69) is 5.10 Å². The Balaban J connectivity index is 1.44. The average Bonchev–Trinajstić information content (AvgIpc) is 2.98. The van der Waals surface area contributed by atoms with Gasteiger partial charge in [-0.1, -0.05) is 17.7 Å². The zero-order valence-electron chi connectivity index (χ0n) is 13.8. The maximum Gasteiger partial charge on any atom is 0.222 e. The Morgan fingerprint density at radius 3 is 2.79 bits per heavy atom. The summed E-state index contributed by atoms with van der Waals surface area (Å²) in [5, 5.41) is 4.81. The van der Waals surface area contributed by atoms with Gasteiger partial charge in [-0.15, -0.1) is 0 Å². The van der Waals surface area contributed by atoms with Crippen molar-refractivity contribution < 1.29 is 9.53 Å². The summed E-state index contributed by atoms with van der Waals surface area (Å²) >= 11 is 5.98. The fraction of sp³-hybridized carbons (Fsp3) is 0.444. The first-order valence-electron chi connectivity index (χ1n) is 8.28. The summed E-state index contributed by atoms with van der Waals surface area (Å²) in [6.07, 6.45) is 4.87. The van der Waals surface area contributed by atoms with Crippen LogP contribution in [0.4, 0.5) is 0 Å². The number of ether oxygens (including phenoxy) is 1. The molecule has 0 bridgehead atoms. The minimum absolute atomic E-state index is 0.143. The molecule has 0 atom stereocenters. The maximum atomic E-state index is 12.4. The van der Waals surface area contributed by atoms with Crippen molar-refractivity contribution >= 4 is 17.5 Å². The smallest absolute Gasteiger partial charge is 0.222 e. The number of aryl methyl sites for hydroxylation is 2. The van der Waals surface area contributed by atoms with E-state index in [9.17, 15) is 4.79 Å². The van der Waals surface area contributed by atoms with E-state index in [-0.39, 0.29) is 12.0 Å². The van der Waals surface area contributed by atoms with Crippen LogP contribution < -0.4 is 4.74 Å². The number of carbonyl (C=O) groups excluding carboxylic acids is 1. The van der Waals surface area contributed by atoms with Gasteiger partial charge in [-0.05, 0) is 30.7 Å². The lowest BCUT2D eigenvalue weighted by Crippen LogP contribution is -2.41. The van der Waals surface area contributed by atoms with Crippen molar-refractivity contribution in [3.63, 3.8) is 0 Å². The number of rotatable bonds is 5. The van der Waals surface area contributed by atoms with Crippen molar-refractivity contribution in [2.24, 2.45) is 7.05 Å². The standard InChI is InChI=1S/C18H22ClN3O2/c1-21-15(7-10-20-21)5-6-18(23)22-11-8-16(9-12-22)24-17-4-2-3-14(19)13-17/h2-4,7,10,13,16H,5-6,8-9,11-12H2,1H3. The van der Waals surface area contributed by atoms with Crippen molar-refractivity contribution in [1.82, 2.24) is 14.7 Å². The largest absolute Gasteiger partial charge is 0.490 e. The Labute approximate surface area is 147 Å². The summed E-state index contributed by atoms with van der Waals surface area (Å²) in [5.74, 6) is 1.00. The first-order valence-corrected chi connectivity index (χ1v) is 8.66. The molecule has 6 heteroatoms. The highest BCUT2D eigenvalue weighted by Crippen LogP contribution is 2.22. The van der Waals surface area contributed by atoms with Crippen LogP contribution in [0.1, 0.15) is 25.0 Å². The molecule has 1 amide bonds. The summed E-state index contributed by atoms with van der Waals surface area (Å²) in [4.78, 5) is 14.3. The van der Waals surface area contributed by atoms with E-state index in [4.69, 9.17) is 16.3 Å². The van der Waals surface area contributed by atoms with Crippen LogP contribution >= 0.6 is 11.6 Å². The van der Waals surface area contributed by atoms with Gasteiger partial charge in [0.25, 0.3) is 0 Å². The summed E-state index contributed by atoms with van der Waals surface area (Å²) in [7, 11) is 1.90. The molecule has 0 unspecified atom stereocenters. The van der Waals surface area contributed by atoms with Crippen LogP contribution in [0.15, 0.2) is 36.5 Å². The van der Waals surface area contributed by atoms with Crippen molar-refractivity contribution in [2.75, 3.05) is 13.1 Å². The van der Waals surface area contributed by atoms with Gasteiger partial charge >= 0.3 is 0 Å². The molecule has 1 fully saturated rings. The van der Waals surface area contributed by atoms with E-state index in [0.29, 0.717) is 11.4 Å². The van der Waals surface area contributed by atoms with Gasteiger partial charge in [0.05, 0.1) is 0 Å². The lowest BCUT2D eigenvalue weighted by Gasteiger charge is -2.32. The summed E-state index contributed by atoms with van der Waals surface area (Å²) in [5.41, 5.74) is 1.09. The van der Waals surface area contributed by atoms with E-state index < -0.39 is 0 Å². The second-order valence-electron chi connectivity index (χ2n) is 6.10. The fourth-order valence-corrected chi connectivity index (χ4v) is 3.18. The van der Waals surface area contributed by atoms with Gasteiger partial charge in [0.2, 0.25) is 5.91 Å². The Kier molecular flexibility index (Phi) is 5.41. The summed E-state index contributed by atoms with van der Waals surface area (Å²) < 4.78 is 7.78. The molecule has 2 aromatic rings. The highest BCUT2D eigenvalue weighted by Gasteiger charge is 2.23. The van der Waals surface area contributed by atoms with Crippen LogP contribution in [-0.2, 0) is 18.3 Å². The lowest BCUT2D eigenvalue weighted by molar-refractivity contribution is -0.132. The molecule has 0 radical (unpaired) electrons. The molecule has 2 heterocycles. The number of likely N-dealkylation sites (tertiary alicyclic amines) is 1. The van der Waals surface area contributed by atoms with E-state index in [1.54, 1.807) is 6.20 Å². The number of benzene rings is 1. The quantitative estimate of drug-likeness (QED) is 0.835. The van der Waals surface area contributed by atoms with E-state index in [0.717, 1.165) is 43.8 Å². The molecule has 0 aliphatic carbocycles. The van der Waals surface area contributed by atoms with Crippen LogP contribution in [-0.4, -0.2) is 39.8 Å². The number of hydrogen-bond donors (Lipinski definition) is 0. The van der Waals surface area contributed by atoms with Gasteiger partial charge in [0, 0.05) is 56.3 Å². The topological polar surface area (TPSA) is 47.4 Å². The highest BCUT2D eigenvalue weighted by atomic mass is 35.5. The zero-order chi connectivity index (χ0) is 16.9.